The van der Waals surface area contributed by atoms with Gasteiger partial charge in [0.15, 0.2) is 5.78 Å². The fourth-order valence-corrected chi connectivity index (χ4v) is 3.52. The highest BCUT2D eigenvalue weighted by Gasteiger charge is 2.39. The van der Waals surface area contributed by atoms with E-state index in [0.29, 0.717) is 17.7 Å². The van der Waals surface area contributed by atoms with Crippen molar-refractivity contribution in [3.05, 3.63) is 54.1 Å². The molecule has 2 atom stereocenters. The van der Waals surface area contributed by atoms with Gasteiger partial charge in [-0.2, -0.15) is 0 Å². The number of esters is 1. The van der Waals surface area contributed by atoms with Gasteiger partial charge in [0.2, 0.25) is 0 Å². The van der Waals surface area contributed by atoms with Crippen LogP contribution >= 0.6 is 0 Å². The summed E-state index contributed by atoms with van der Waals surface area (Å²) >= 11 is 0. The van der Waals surface area contributed by atoms with Crippen LogP contribution in [0.5, 0.6) is 0 Å². The van der Waals surface area contributed by atoms with Gasteiger partial charge in [0.1, 0.15) is 0 Å². The third-order valence-electron chi connectivity index (χ3n) is 4.77. The number of ether oxygens (including phenoxy) is 1. The SMILES string of the molecule is COC(=O)[C@H]1CCC[C@@H]1C(=O)c1ccccc1-c1ccc(N)cc1. The van der Waals surface area contributed by atoms with Gasteiger partial charge in [0, 0.05) is 17.2 Å². The van der Waals surface area contributed by atoms with E-state index in [9.17, 15) is 9.59 Å². The van der Waals surface area contributed by atoms with E-state index in [1.54, 1.807) is 0 Å². The molecule has 4 heteroatoms. The minimum atomic E-state index is -0.332. The third kappa shape index (κ3) is 3.04. The number of ketones is 1. The summed E-state index contributed by atoms with van der Waals surface area (Å²) in [6.07, 6.45) is 2.32. The van der Waals surface area contributed by atoms with Crippen molar-refractivity contribution < 1.29 is 14.3 Å². The van der Waals surface area contributed by atoms with Crippen molar-refractivity contribution in [3.8, 4) is 11.1 Å². The van der Waals surface area contributed by atoms with Gasteiger partial charge in [0.05, 0.1) is 13.0 Å². The Hall–Kier alpha value is -2.62. The second kappa shape index (κ2) is 6.87. The molecule has 0 radical (unpaired) electrons. The number of hydrogen-bond donors (Lipinski definition) is 1. The number of nitrogen functional groups attached to an aromatic ring is 1. The van der Waals surface area contributed by atoms with Gasteiger partial charge in [-0.05, 0) is 36.1 Å². The van der Waals surface area contributed by atoms with Crippen LogP contribution < -0.4 is 5.73 Å². The number of hydrogen-bond acceptors (Lipinski definition) is 4. The van der Waals surface area contributed by atoms with Crippen molar-refractivity contribution in [1.82, 2.24) is 0 Å². The van der Waals surface area contributed by atoms with Crippen LogP contribution in [0.4, 0.5) is 5.69 Å². The van der Waals surface area contributed by atoms with E-state index in [2.05, 4.69) is 0 Å². The summed E-state index contributed by atoms with van der Waals surface area (Å²) in [5.41, 5.74) is 8.91. The highest BCUT2D eigenvalue weighted by molar-refractivity contribution is 6.05. The average molecular weight is 323 g/mol. The number of nitrogens with two attached hydrogens (primary N) is 1. The van der Waals surface area contributed by atoms with Gasteiger partial charge in [0.25, 0.3) is 0 Å². The number of carbonyl (C=O) groups excluding carboxylic acids is 2. The Bertz CT molecular complexity index is 752. The first-order valence-corrected chi connectivity index (χ1v) is 8.19. The van der Waals surface area contributed by atoms with Gasteiger partial charge in [-0.25, -0.2) is 0 Å². The molecule has 0 heterocycles. The molecule has 2 N–H and O–H groups in total. The molecule has 124 valence electrons. The number of anilines is 1. The van der Waals surface area contributed by atoms with Crippen molar-refractivity contribution in [3.63, 3.8) is 0 Å². The summed E-state index contributed by atoms with van der Waals surface area (Å²) < 4.78 is 4.87. The van der Waals surface area contributed by atoms with Crippen molar-refractivity contribution in [2.24, 2.45) is 11.8 Å². The van der Waals surface area contributed by atoms with E-state index in [1.165, 1.54) is 7.11 Å². The first kappa shape index (κ1) is 16.2. The van der Waals surface area contributed by atoms with Crippen LogP contribution in [-0.2, 0) is 9.53 Å². The smallest absolute Gasteiger partial charge is 0.309 e. The minimum absolute atomic E-state index is 0.0234. The lowest BCUT2D eigenvalue weighted by molar-refractivity contribution is -0.146. The third-order valence-corrected chi connectivity index (χ3v) is 4.77. The number of Topliss-reactive ketones (excluding diaryl/α,β-unsaturated/α-hetero) is 1. The summed E-state index contributed by atoms with van der Waals surface area (Å²) in [5, 5.41) is 0. The van der Waals surface area contributed by atoms with Crippen LogP contribution in [-0.4, -0.2) is 18.9 Å². The van der Waals surface area contributed by atoms with Crippen molar-refractivity contribution >= 4 is 17.4 Å². The molecule has 0 bridgehead atoms. The molecule has 1 saturated carbocycles. The number of methoxy groups -OCH3 is 1. The summed E-state index contributed by atoms with van der Waals surface area (Å²) in [4.78, 5) is 25.1. The van der Waals surface area contributed by atoms with Gasteiger partial charge < -0.3 is 10.5 Å². The Morgan fingerprint density at radius 3 is 2.38 bits per heavy atom. The lowest BCUT2D eigenvalue weighted by Gasteiger charge is -2.18. The highest BCUT2D eigenvalue weighted by Crippen LogP contribution is 2.37. The first-order chi connectivity index (χ1) is 11.6. The molecular weight excluding hydrogens is 302 g/mol. The Morgan fingerprint density at radius 1 is 1.00 bits per heavy atom. The highest BCUT2D eigenvalue weighted by atomic mass is 16.5. The maximum Gasteiger partial charge on any atom is 0.309 e. The minimum Gasteiger partial charge on any atom is -0.469 e. The lowest BCUT2D eigenvalue weighted by atomic mass is 9.85. The molecule has 1 fully saturated rings. The maximum absolute atomic E-state index is 13.1. The molecule has 2 aromatic rings. The van der Waals surface area contributed by atoms with Crippen LogP contribution in [0.25, 0.3) is 11.1 Å². The normalized spacial score (nSPS) is 19.9. The van der Waals surface area contributed by atoms with Gasteiger partial charge >= 0.3 is 5.97 Å². The summed E-state index contributed by atoms with van der Waals surface area (Å²) in [5.74, 6) is -0.888. The second-order valence-electron chi connectivity index (χ2n) is 6.20. The first-order valence-electron chi connectivity index (χ1n) is 8.19. The predicted molar refractivity (Wildman–Crippen MR) is 93.5 cm³/mol. The van der Waals surface area contributed by atoms with Crippen molar-refractivity contribution in [2.75, 3.05) is 12.8 Å². The number of benzene rings is 2. The van der Waals surface area contributed by atoms with Crippen LogP contribution in [0, 0.1) is 11.8 Å². The quantitative estimate of drug-likeness (QED) is 0.529. The largest absolute Gasteiger partial charge is 0.469 e. The Kier molecular flexibility index (Phi) is 4.65. The number of rotatable bonds is 4. The molecule has 0 unspecified atom stereocenters. The Balaban J connectivity index is 1.96. The molecule has 1 aliphatic carbocycles. The second-order valence-corrected chi connectivity index (χ2v) is 6.20. The molecule has 0 amide bonds. The zero-order valence-electron chi connectivity index (χ0n) is 13.7. The van der Waals surface area contributed by atoms with Crippen molar-refractivity contribution in [2.45, 2.75) is 19.3 Å². The predicted octanol–water partition coefficient (Wildman–Crippen LogP) is 3.71. The zero-order chi connectivity index (χ0) is 17.1. The Labute approximate surface area is 141 Å². The Morgan fingerprint density at radius 2 is 1.67 bits per heavy atom. The molecule has 0 spiro atoms. The molecule has 1 aliphatic rings. The van der Waals surface area contributed by atoms with Crippen molar-refractivity contribution in [1.29, 1.82) is 0 Å². The van der Waals surface area contributed by atoms with E-state index < -0.39 is 0 Å². The molecule has 0 aliphatic heterocycles. The van der Waals surface area contributed by atoms with Gasteiger partial charge in [-0.3, -0.25) is 9.59 Å². The monoisotopic (exact) mass is 323 g/mol. The molecular formula is C20H21NO3. The van der Waals surface area contributed by atoms with Crippen LogP contribution in [0.1, 0.15) is 29.6 Å². The van der Waals surface area contributed by atoms with E-state index in [0.717, 1.165) is 24.0 Å². The standard InChI is InChI=1S/C20H21NO3/c1-24-20(23)18-8-4-7-17(18)19(22)16-6-3-2-5-15(16)13-9-11-14(21)12-10-13/h2-3,5-6,9-12,17-18H,4,7-8,21H2,1H3/t17-,18-/m0/s1. The maximum atomic E-state index is 13.1. The zero-order valence-corrected chi connectivity index (χ0v) is 13.7. The molecule has 0 saturated heterocycles. The van der Waals surface area contributed by atoms with Crippen LogP contribution in [0.2, 0.25) is 0 Å². The average Bonchev–Trinajstić information content (AvgIpc) is 3.11. The van der Waals surface area contributed by atoms with E-state index in [1.807, 2.05) is 48.5 Å². The fraction of sp³-hybridized carbons (Fsp3) is 0.300. The topological polar surface area (TPSA) is 69.4 Å². The molecule has 24 heavy (non-hydrogen) atoms. The van der Waals surface area contributed by atoms with Gasteiger partial charge in [-0.1, -0.05) is 42.8 Å². The van der Waals surface area contributed by atoms with Crippen LogP contribution in [0.15, 0.2) is 48.5 Å². The molecule has 0 aromatic heterocycles. The number of carbonyl (C=O) groups is 2. The molecule has 4 nitrogen and oxygen atoms in total. The molecule has 3 rings (SSSR count). The van der Waals surface area contributed by atoms with Crippen LogP contribution in [0.3, 0.4) is 0 Å². The fourth-order valence-electron chi connectivity index (χ4n) is 3.52. The lowest BCUT2D eigenvalue weighted by Crippen LogP contribution is -2.27. The van der Waals surface area contributed by atoms with Gasteiger partial charge in [-0.15, -0.1) is 0 Å². The summed E-state index contributed by atoms with van der Waals surface area (Å²) in [6.45, 7) is 0. The van der Waals surface area contributed by atoms with E-state index in [-0.39, 0.29) is 23.6 Å². The summed E-state index contributed by atoms with van der Waals surface area (Å²) in [7, 11) is 1.38. The van der Waals surface area contributed by atoms with E-state index >= 15 is 0 Å². The molecule has 2 aromatic carbocycles. The van der Waals surface area contributed by atoms with E-state index in [4.69, 9.17) is 10.5 Å². The summed E-state index contributed by atoms with van der Waals surface area (Å²) in [6, 6.07) is 15.0.